The molecule has 3 aromatic rings. The number of hydrogen-bond acceptors (Lipinski definition) is 11. The molecule has 3 heterocycles. The Balaban J connectivity index is 1.65. The van der Waals surface area contributed by atoms with E-state index in [0.29, 0.717) is 67.1 Å². The van der Waals surface area contributed by atoms with Gasteiger partial charge in [0.15, 0.2) is 16.4 Å². The molecule has 12 nitrogen and oxygen atoms in total. The van der Waals surface area contributed by atoms with Crippen LogP contribution in [0, 0.1) is 0 Å². The van der Waals surface area contributed by atoms with Crippen LogP contribution in [0.5, 0.6) is 5.75 Å². The van der Waals surface area contributed by atoms with Crippen LogP contribution in [0.15, 0.2) is 53.6 Å². The van der Waals surface area contributed by atoms with Gasteiger partial charge in [-0.25, -0.2) is 9.97 Å². The molecule has 1 atom stereocenters. The van der Waals surface area contributed by atoms with Crippen molar-refractivity contribution in [2.45, 2.75) is 11.4 Å². The lowest BCUT2D eigenvalue weighted by Crippen LogP contribution is -2.36. The van der Waals surface area contributed by atoms with Crippen LogP contribution >= 0.6 is 0 Å². The number of aliphatic hydroxyl groups is 1. The van der Waals surface area contributed by atoms with Crippen molar-refractivity contribution in [1.82, 2.24) is 19.6 Å². The predicted octanol–water partition coefficient (Wildman–Crippen LogP) is 1.44. The number of nitrogens with zero attached hydrogens (tertiary/aromatic N) is 3. The molecule has 1 amide bonds. The summed E-state index contributed by atoms with van der Waals surface area (Å²) in [4.78, 5) is 22.5. The van der Waals surface area contributed by atoms with Crippen LogP contribution in [0.2, 0.25) is 0 Å². The van der Waals surface area contributed by atoms with Crippen molar-refractivity contribution < 1.29 is 28.7 Å². The summed E-state index contributed by atoms with van der Waals surface area (Å²) < 4.78 is 32.1. The third kappa shape index (κ3) is 7.67. The maximum atomic E-state index is 13.3. The normalized spacial score (nSPS) is 17.7. The third-order valence-corrected chi connectivity index (χ3v) is 7.50. The number of carbonyl (C=O) groups excluding carboxylic acids is 1. The number of aromatic nitrogens is 2. The largest absolute Gasteiger partial charge is 0.593 e. The zero-order valence-electron chi connectivity index (χ0n) is 22.3. The van der Waals surface area contributed by atoms with E-state index in [0.717, 1.165) is 5.56 Å². The van der Waals surface area contributed by atoms with E-state index in [1.165, 1.54) is 6.20 Å². The number of nitrogens with one attached hydrogen (secondary N) is 2. The van der Waals surface area contributed by atoms with Gasteiger partial charge in [0.2, 0.25) is 0 Å². The van der Waals surface area contributed by atoms with Crippen LogP contribution in [0.4, 0.5) is 11.5 Å². The predicted molar refractivity (Wildman–Crippen MR) is 151 cm³/mol. The minimum atomic E-state index is -1.51. The monoisotopic (exact) mass is 570 g/mol. The summed E-state index contributed by atoms with van der Waals surface area (Å²) in [5, 5.41) is 15.4. The highest BCUT2D eigenvalue weighted by Crippen LogP contribution is 2.30. The fourth-order valence-corrected chi connectivity index (χ4v) is 5.20. The van der Waals surface area contributed by atoms with Crippen molar-refractivity contribution in [3.8, 4) is 17.0 Å². The lowest BCUT2D eigenvalue weighted by molar-refractivity contribution is 0.0333. The molecular formula is C27H34N6O6S. The van der Waals surface area contributed by atoms with E-state index in [2.05, 4.69) is 20.6 Å². The van der Waals surface area contributed by atoms with Crippen LogP contribution in [-0.2, 0) is 27.4 Å². The molecule has 0 radical (unpaired) electrons. The maximum Gasteiger partial charge on any atom is 0.278 e. The van der Waals surface area contributed by atoms with Crippen LogP contribution < -0.4 is 21.1 Å². The molecule has 0 saturated carbocycles. The highest BCUT2D eigenvalue weighted by molar-refractivity contribution is 7.89. The zero-order chi connectivity index (χ0) is 28.3. The topological polar surface area (TPSA) is 167 Å². The summed E-state index contributed by atoms with van der Waals surface area (Å²) in [6, 6.07) is 12.4. The number of nitrogen functional groups attached to an aromatic ring is 1. The van der Waals surface area contributed by atoms with Gasteiger partial charge in [0.05, 0.1) is 75.1 Å². The van der Waals surface area contributed by atoms with E-state index in [-0.39, 0.29) is 31.3 Å². The number of anilines is 2. The van der Waals surface area contributed by atoms with Crippen molar-refractivity contribution in [2.75, 3.05) is 70.8 Å². The minimum Gasteiger partial charge on any atom is -0.593 e. The summed E-state index contributed by atoms with van der Waals surface area (Å²) in [5.41, 5.74) is 8.43. The molecule has 13 heteroatoms. The third-order valence-electron chi connectivity index (χ3n) is 5.99. The fourth-order valence-electron chi connectivity index (χ4n) is 4.04. The molecule has 2 aliphatic rings. The first-order chi connectivity index (χ1) is 19.5. The number of benzene rings is 2. The number of amides is 1. The standard InChI is InChI=1S/C27H34N6O6S/c1-29-17-20-3-2-4-22-25(20)39-16-15-38-14-13-37-12-10-33(9-11-34)40(36)21-7-5-19(6-8-21)23-18-30-26(28)24(31-23)27(35)32-22/h2-8,18,29,34H,9-17H2,1H3,(H2,28,30)(H,32,35). The molecule has 2 aromatic carbocycles. The first kappa shape index (κ1) is 29.7. The van der Waals surface area contributed by atoms with Crippen molar-refractivity contribution in [1.29, 1.82) is 0 Å². The van der Waals surface area contributed by atoms with Gasteiger partial charge in [-0.2, -0.15) is 0 Å². The molecular weight excluding hydrogens is 536 g/mol. The van der Waals surface area contributed by atoms with Gasteiger partial charge in [0.1, 0.15) is 12.4 Å². The van der Waals surface area contributed by atoms with Gasteiger partial charge in [-0.05, 0) is 37.4 Å². The van der Waals surface area contributed by atoms with E-state index in [9.17, 15) is 14.5 Å². The van der Waals surface area contributed by atoms with Crippen LogP contribution in [-0.4, -0.2) is 89.6 Å². The summed E-state index contributed by atoms with van der Waals surface area (Å²) in [7, 11) is 1.83. The highest BCUT2D eigenvalue weighted by atomic mass is 32.2. The van der Waals surface area contributed by atoms with E-state index in [4.69, 9.17) is 19.9 Å². The molecule has 0 fully saturated rings. The summed E-state index contributed by atoms with van der Waals surface area (Å²) in [6.07, 6.45) is 1.48. The SMILES string of the molecule is CNCc1cccc2c1OCCOCCOCCN(CCO)[S+]([O-])c1ccc(cc1)-c1cnc(N)c(n1)C(=O)N2. The van der Waals surface area contributed by atoms with Crippen LogP contribution in [0.1, 0.15) is 16.1 Å². The Hall–Kier alpha value is -3.30. The second kappa shape index (κ2) is 14.9. The Morgan fingerprint density at radius 1 is 1.12 bits per heavy atom. The van der Waals surface area contributed by atoms with Gasteiger partial charge >= 0.3 is 0 Å². The number of para-hydroxylation sites is 1. The molecule has 0 saturated heterocycles. The quantitative estimate of drug-likeness (QED) is 0.265. The molecule has 1 unspecified atom stereocenters. The number of carbonyl (C=O) groups is 1. The molecule has 0 spiro atoms. The molecule has 1 aromatic heterocycles. The smallest absolute Gasteiger partial charge is 0.278 e. The number of aliphatic hydroxyl groups excluding tert-OH is 1. The van der Waals surface area contributed by atoms with Crippen molar-refractivity contribution in [3.63, 3.8) is 0 Å². The van der Waals surface area contributed by atoms with Gasteiger partial charge in [-0.1, -0.05) is 12.1 Å². The average molecular weight is 571 g/mol. The van der Waals surface area contributed by atoms with Crippen molar-refractivity contribution >= 4 is 28.8 Å². The molecule has 40 heavy (non-hydrogen) atoms. The number of ether oxygens (including phenoxy) is 3. The molecule has 2 aliphatic heterocycles. The summed E-state index contributed by atoms with van der Waals surface area (Å²) in [6.45, 7) is 2.57. The lowest BCUT2D eigenvalue weighted by Gasteiger charge is -2.23. The number of nitrogens with two attached hydrogens (primary N) is 1. The fraction of sp³-hybridized carbons (Fsp3) is 0.370. The summed E-state index contributed by atoms with van der Waals surface area (Å²) >= 11 is -1.51. The van der Waals surface area contributed by atoms with Crippen LogP contribution in [0.25, 0.3) is 11.3 Å². The Morgan fingerprint density at radius 2 is 1.88 bits per heavy atom. The second-order valence-corrected chi connectivity index (χ2v) is 10.3. The first-order valence-corrected chi connectivity index (χ1v) is 14.0. The van der Waals surface area contributed by atoms with Gasteiger partial charge in [-0.15, -0.1) is 4.31 Å². The Labute approximate surface area is 236 Å². The Kier molecular flexibility index (Phi) is 11.1. The number of hydrogen-bond donors (Lipinski definition) is 4. The summed E-state index contributed by atoms with van der Waals surface area (Å²) in [5.74, 6) is -0.0359. The van der Waals surface area contributed by atoms with Gasteiger partial charge in [0.25, 0.3) is 5.91 Å². The Morgan fingerprint density at radius 3 is 2.62 bits per heavy atom. The molecule has 214 valence electrons. The lowest BCUT2D eigenvalue weighted by atomic mass is 10.1. The molecule has 5 N–H and O–H groups in total. The minimum absolute atomic E-state index is 0.0162. The Bertz CT molecular complexity index is 1260. The van der Waals surface area contributed by atoms with Gasteiger partial charge in [0, 0.05) is 17.7 Å². The van der Waals surface area contributed by atoms with Crippen molar-refractivity contribution in [2.24, 2.45) is 0 Å². The first-order valence-electron chi connectivity index (χ1n) is 12.9. The van der Waals surface area contributed by atoms with Crippen molar-refractivity contribution in [3.05, 3.63) is 59.9 Å². The van der Waals surface area contributed by atoms with E-state index >= 15 is 0 Å². The molecule has 0 aliphatic carbocycles. The average Bonchev–Trinajstić information content (AvgIpc) is 2.96. The maximum absolute atomic E-state index is 13.3. The number of fused-ring (bicyclic) bond motifs is 13. The van der Waals surface area contributed by atoms with Crippen LogP contribution in [0.3, 0.4) is 0 Å². The van der Waals surface area contributed by atoms with E-state index in [1.54, 1.807) is 34.6 Å². The zero-order valence-corrected chi connectivity index (χ0v) is 23.1. The van der Waals surface area contributed by atoms with E-state index in [1.807, 2.05) is 19.2 Å². The van der Waals surface area contributed by atoms with Gasteiger partial charge in [-0.3, -0.25) is 4.79 Å². The molecule has 5 rings (SSSR count). The number of rotatable bonds is 4. The van der Waals surface area contributed by atoms with Gasteiger partial charge < -0.3 is 40.2 Å². The van der Waals surface area contributed by atoms with E-state index < -0.39 is 17.3 Å². The second-order valence-electron chi connectivity index (χ2n) is 8.77. The molecule has 4 bridgehead atoms. The highest BCUT2D eigenvalue weighted by Gasteiger charge is 2.23.